The zero-order valence-corrected chi connectivity index (χ0v) is 14.0. The minimum atomic E-state index is 0.621. The van der Waals surface area contributed by atoms with Crippen molar-refractivity contribution in [3.05, 3.63) is 79.0 Å². The fourth-order valence-corrected chi connectivity index (χ4v) is 3.92. The summed E-state index contributed by atoms with van der Waals surface area (Å²) >= 11 is 1.70. The molecular formula is C21H13NO2S. The topological polar surface area (TPSA) is 35.3 Å². The quantitative estimate of drug-likeness (QED) is 0.379. The Morgan fingerprint density at radius 2 is 1.56 bits per heavy atom. The van der Waals surface area contributed by atoms with Gasteiger partial charge in [-0.15, -0.1) is 0 Å². The Hall–Kier alpha value is -2.98. The molecule has 0 spiro atoms. The number of hydrogen-bond donors (Lipinski definition) is 0. The van der Waals surface area contributed by atoms with Crippen LogP contribution in [0.25, 0.3) is 22.8 Å². The average molecular weight is 343 g/mol. The Labute approximate surface area is 149 Å². The van der Waals surface area contributed by atoms with Crippen LogP contribution in [0.1, 0.15) is 0 Å². The van der Waals surface area contributed by atoms with Crippen LogP contribution in [0.5, 0.6) is 11.5 Å². The molecule has 0 unspecified atom stereocenters. The van der Waals surface area contributed by atoms with Crippen LogP contribution in [0, 0.1) is 0 Å². The number of ether oxygens (including phenoxy) is 1. The van der Waals surface area contributed by atoms with Gasteiger partial charge in [-0.3, -0.25) is 0 Å². The first-order valence-electron chi connectivity index (χ1n) is 7.98. The van der Waals surface area contributed by atoms with Crippen molar-refractivity contribution in [2.45, 2.75) is 9.79 Å². The fraction of sp³-hybridized carbons (Fsp3) is 0. The first-order valence-corrected chi connectivity index (χ1v) is 8.79. The second kappa shape index (κ2) is 5.83. The minimum Gasteiger partial charge on any atom is -0.455 e. The maximum absolute atomic E-state index is 6.05. The summed E-state index contributed by atoms with van der Waals surface area (Å²) in [6.45, 7) is 0. The van der Waals surface area contributed by atoms with Gasteiger partial charge in [0.1, 0.15) is 11.5 Å². The molecule has 0 aliphatic carbocycles. The van der Waals surface area contributed by atoms with Crippen molar-refractivity contribution in [3.63, 3.8) is 0 Å². The van der Waals surface area contributed by atoms with Crippen molar-refractivity contribution >= 4 is 11.8 Å². The summed E-state index contributed by atoms with van der Waals surface area (Å²) in [5, 5.41) is 0. The molecule has 1 aliphatic rings. The number of para-hydroxylation sites is 1. The molecule has 3 aromatic carbocycles. The predicted octanol–water partition coefficient (Wildman–Crippen LogP) is 6.27. The lowest BCUT2D eigenvalue weighted by Gasteiger charge is -2.20. The molecule has 0 atom stereocenters. The highest BCUT2D eigenvalue weighted by atomic mass is 32.2. The number of fused-ring (bicyclic) bond motifs is 2. The van der Waals surface area contributed by atoms with Crippen molar-refractivity contribution in [1.82, 2.24) is 4.98 Å². The number of hydrogen-bond acceptors (Lipinski definition) is 4. The molecular weight excluding hydrogens is 330 g/mol. The number of aromatic nitrogens is 1. The summed E-state index contributed by atoms with van der Waals surface area (Å²) < 4.78 is 12.1. The van der Waals surface area contributed by atoms with Gasteiger partial charge in [0.15, 0.2) is 5.76 Å². The van der Waals surface area contributed by atoms with Crippen LogP contribution in [0.15, 0.2) is 93.2 Å². The van der Waals surface area contributed by atoms with Gasteiger partial charge in [0.05, 0.1) is 16.0 Å². The van der Waals surface area contributed by atoms with Crippen LogP contribution in [0.4, 0.5) is 0 Å². The van der Waals surface area contributed by atoms with Crippen LogP contribution in [0.2, 0.25) is 0 Å². The molecule has 1 aromatic heterocycles. The van der Waals surface area contributed by atoms with Gasteiger partial charge in [-0.2, -0.15) is 0 Å². The van der Waals surface area contributed by atoms with E-state index in [9.17, 15) is 0 Å². The highest BCUT2D eigenvalue weighted by Gasteiger charge is 2.22. The van der Waals surface area contributed by atoms with Crippen LogP contribution < -0.4 is 4.74 Å². The summed E-state index contributed by atoms with van der Waals surface area (Å²) in [6.07, 6.45) is 1.78. The van der Waals surface area contributed by atoms with E-state index in [1.807, 2.05) is 66.7 Å². The first-order chi connectivity index (χ1) is 12.4. The molecule has 4 heteroatoms. The molecule has 3 nitrogen and oxygen atoms in total. The lowest BCUT2D eigenvalue weighted by Crippen LogP contribution is -1.96. The molecule has 0 fully saturated rings. The zero-order valence-electron chi connectivity index (χ0n) is 13.2. The summed E-state index contributed by atoms with van der Waals surface area (Å²) in [4.78, 5) is 6.59. The van der Waals surface area contributed by atoms with Crippen LogP contribution in [-0.2, 0) is 0 Å². The maximum Gasteiger partial charge on any atom is 0.226 e. The number of nitrogens with zero attached hydrogens (tertiary/aromatic N) is 1. The lowest BCUT2D eigenvalue weighted by molar-refractivity contribution is 0.454. The molecule has 25 heavy (non-hydrogen) atoms. The van der Waals surface area contributed by atoms with Gasteiger partial charge in [-0.05, 0) is 36.4 Å². The summed E-state index contributed by atoms with van der Waals surface area (Å²) in [7, 11) is 0. The Kier molecular flexibility index (Phi) is 3.35. The highest BCUT2D eigenvalue weighted by Crippen LogP contribution is 2.50. The molecule has 1 aliphatic heterocycles. The second-order valence-corrected chi connectivity index (χ2v) is 6.73. The van der Waals surface area contributed by atoms with E-state index in [-0.39, 0.29) is 0 Å². The summed E-state index contributed by atoms with van der Waals surface area (Å²) in [5.74, 6) is 3.10. The zero-order chi connectivity index (χ0) is 16.6. The van der Waals surface area contributed by atoms with Crippen molar-refractivity contribution in [2.24, 2.45) is 0 Å². The first kappa shape index (κ1) is 14.4. The molecule has 0 saturated carbocycles. The molecule has 0 bridgehead atoms. The van der Waals surface area contributed by atoms with Gasteiger partial charge in [-0.1, -0.05) is 48.2 Å². The Bertz CT molecular complexity index is 1060. The van der Waals surface area contributed by atoms with Crippen molar-refractivity contribution in [1.29, 1.82) is 0 Å². The third-order valence-corrected chi connectivity index (χ3v) is 5.23. The third kappa shape index (κ3) is 2.51. The highest BCUT2D eigenvalue weighted by molar-refractivity contribution is 7.99. The van der Waals surface area contributed by atoms with Crippen molar-refractivity contribution in [3.8, 4) is 34.3 Å². The third-order valence-electron chi connectivity index (χ3n) is 4.05. The van der Waals surface area contributed by atoms with Crippen LogP contribution >= 0.6 is 11.8 Å². The summed E-state index contributed by atoms with van der Waals surface area (Å²) in [6, 6.07) is 24.0. The smallest absolute Gasteiger partial charge is 0.226 e. The van der Waals surface area contributed by atoms with E-state index in [0.717, 1.165) is 38.2 Å². The second-order valence-electron chi connectivity index (χ2n) is 5.68. The molecule has 4 aromatic rings. The van der Waals surface area contributed by atoms with Crippen molar-refractivity contribution < 1.29 is 9.15 Å². The molecule has 0 saturated heterocycles. The Morgan fingerprint density at radius 3 is 2.48 bits per heavy atom. The predicted molar refractivity (Wildman–Crippen MR) is 98.0 cm³/mol. The Balaban J connectivity index is 1.58. The van der Waals surface area contributed by atoms with E-state index >= 15 is 0 Å². The number of oxazole rings is 1. The van der Waals surface area contributed by atoms with Gasteiger partial charge in [-0.25, -0.2) is 4.98 Å². The Morgan fingerprint density at radius 1 is 0.760 bits per heavy atom. The van der Waals surface area contributed by atoms with Crippen molar-refractivity contribution in [2.75, 3.05) is 0 Å². The SMILES string of the molecule is c1ccc(-c2ncc(-c3cccc4c3Sc3ccccc3O4)o2)cc1. The molecule has 0 amide bonds. The van der Waals surface area contributed by atoms with E-state index in [2.05, 4.69) is 11.1 Å². The van der Waals surface area contributed by atoms with Gasteiger partial charge < -0.3 is 9.15 Å². The van der Waals surface area contributed by atoms with Gasteiger partial charge in [0, 0.05) is 11.1 Å². The average Bonchev–Trinajstić information content (AvgIpc) is 3.16. The van der Waals surface area contributed by atoms with E-state index < -0.39 is 0 Å². The maximum atomic E-state index is 6.05. The van der Waals surface area contributed by atoms with Crippen LogP contribution in [-0.4, -0.2) is 4.98 Å². The lowest BCUT2D eigenvalue weighted by atomic mass is 10.1. The normalized spacial score (nSPS) is 12.2. The van der Waals surface area contributed by atoms with E-state index in [4.69, 9.17) is 9.15 Å². The van der Waals surface area contributed by atoms with Gasteiger partial charge in [0.25, 0.3) is 0 Å². The minimum absolute atomic E-state index is 0.621. The molecule has 120 valence electrons. The number of rotatable bonds is 2. The standard InChI is InChI=1S/C21H13NO2S/c1-2-7-14(8-3-1)21-22-13-18(24-21)15-9-6-11-17-20(15)25-19-12-5-4-10-16(19)23-17/h1-13H. The van der Waals surface area contributed by atoms with E-state index in [0.29, 0.717) is 5.89 Å². The monoisotopic (exact) mass is 343 g/mol. The molecule has 0 N–H and O–H groups in total. The van der Waals surface area contributed by atoms with E-state index in [1.165, 1.54) is 0 Å². The molecule has 5 rings (SSSR count). The van der Waals surface area contributed by atoms with Gasteiger partial charge >= 0.3 is 0 Å². The largest absolute Gasteiger partial charge is 0.455 e. The molecule has 0 radical (unpaired) electrons. The summed E-state index contributed by atoms with van der Waals surface area (Å²) in [5.41, 5.74) is 1.96. The van der Waals surface area contributed by atoms with Gasteiger partial charge in [0.2, 0.25) is 5.89 Å². The fourth-order valence-electron chi connectivity index (χ4n) is 2.86. The van der Waals surface area contributed by atoms with Crippen LogP contribution in [0.3, 0.4) is 0 Å². The van der Waals surface area contributed by atoms with E-state index in [1.54, 1.807) is 18.0 Å². The number of benzene rings is 3. The molecule has 2 heterocycles.